The lowest BCUT2D eigenvalue weighted by molar-refractivity contribution is -0.0611. The van der Waals surface area contributed by atoms with Gasteiger partial charge in [0, 0.05) is 5.69 Å². The number of hydrogen-bond acceptors (Lipinski definition) is 4. The molecular formula is C15H19N3O3. The van der Waals surface area contributed by atoms with Gasteiger partial charge in [-0.1, -0.05) is 6.07 Å². The Morgan fingerprint density at radius 1 is 1.62 bits per heavy atom. The molecule has 0 bridgehead atoms. The quantitative estimate of drug-likeness (QED) is 0.863. The highest BCUT2D eigenvalue weighted by molar-refractivity contribution is 5.90. The first-order valence-corrected chi connectivity index (χ1v) is 6.86. The highest BCUT2D eigenvalue weighted by atomic mass is 16.5. The van der Waals surface area contributed by atoms with Crippen molar-refractivity contribution in [2.75, 3.05) is 25.1 Å². The van der Waals surface area contributed by atoms with Crippen LogP contribution < -0.4 is 5.32 Å². The molecule has 2 unspecified atom stereocenters. The molecule has 1 aliphatic rings. The molecule has 0 saturated carbocycles. The first-order chi connectivity index (χ1) is 10.0. The third kappa shape index (κ3) is 3.51. The zero-order valence-corrected chi connectivity index (χ0v) is 12.2. The van der Waals surface area contributed by atoms with Gasteiger partial charge < -0.3 is 20.1 Å². The highest BCUT2D eigenvalue weighted by Crippen LogP contribution is 2.19. The number of benzene rings is 1. The molecule has 0 radical (unpaired) electrons. The van der Waals surface area contributed by atoms with Crippen molar-refractivity contribution < 1.29 is 14.6 Å². The van der Waals surface area contributed by atoms with Gasteiger partial charge in [-0.15, -0.1) is 0 Å². The van der Waals surface area contributed by atoms with Gasteiger partial charge in [0.25, 0.3) is 0 Å². The molecule has 1 aliphatic heterocycles. The third-order valence-corrected chi connectivity index (χ3v) is 3.58. The van der Waals surface area contributed by atoms with E-state index in [4.69, 9.17) is 15.1 Å². The van der Waals surface area contributed by atoms with E-state index in [1.54, 1.807) is 23.1 Å². The van der Waals surface area contributed by atoms with Crippen LogP contribution in [0, 0.1) is 18.3 Å². The third-order valence-electron chi connectivity index (χ3n) is 3.58. The maximum atomic E-state index is 12.4. The van der Waals surface area contributed by atoms with Crippen LogP contribution in [-0.2, 0) is 4.74 Å². The molecular weight excluding hydrogens is 270 g/mol. The molecule has 1 fully saturated rings. The van der Waals surface area contributed by atoms with E-state index < -0.39 is 0 Å². The zero-order chi connectivity index (χ0) is 15.4. The Labute approximate surface area is 123 Å². The van der Waals surface area contributed by atoms with Gasteiger partial charge in [0.2, 0.25) is 0 Å². The second-order valence-electron chi connectivity index (χ2n) is 5.21. The number of aryl methyl sites for hydroxylation is 1. The van der Waals surface area contributed by atoms with Crippen LogP contribution in [0.4, 0.5) is 10.5 Å². The number of ether oxygens (including phenoxy) is 1. The highest BCUT2D eigenvalue weighted by Gasteiger charge is 2.29. The SMILES string of the molecule is Cc1ccc(C#N)cc1NC(=O)N1CC(CO)OCC1C. The number of nitrogens with one attached hydrogen (secondary N) is 1. The summed E-state index contributed by atoms with van der Waals surface area (Å²) in [6.45, 7) is 4.40. The number of urea groups is 1. The fourth-order valence-corrected chi connectivity index (χ4v) is 2.22. The number of nitrogens with zero attached hydrogens (tertiary/aromatic N) is 2. The fraction of sp³-hybridized carbons (Fsp3) is 0.467. The van der Waals surface area contributed by atoms with E-state index in [9.17, 15) is 4.79 Å². The van der Waals surface area contributed by atoms with Gasteiger partial charge in [-0.3, -0.25) is 0 Å². The van der Waals surface area contributed by atoms with Crippen LogP contribution in [0.5, 0.6) is 0 Å². The van der Waals surface area contributed by atoms with Gasteiger partial charge in [0.15, 0.2) is 0 Å². The summed E-state index contributed by atoms with van der Waals surface area (Å²) in [4.78, 5) is 14.0. The maximum Gasteiger partial charge on any atom is 0.322 e. The van der Waals surface area contributed by atoms with Gasteiger partial charge >= 0.3 is 6.03 Å². The summed E-state index contributed by atoms with van der Waals surface area (Å²) in [6.07, 6.45) is -0.349. The van der Waals surface area contributed by atoms with Gasteiger partial charge in [0.05, 0.1) is 43.5 Å². The van der Waals surface area contributed by atoms with Crippen LogP contribution in [-0.4, -0.2) is 47.9 Å². The van der Waals surface area contributed by atoms with Crippen molar-refractivity contribution in [1.82, 2.24) is 4.90 Å². The molecule has 1 aromatic carbocycles. The Balaban J connectivity index is 2.12. The first-order valence-electron chi connectivity index (χ1n) is 6.86. The molecule has 2 atom stereocenters. The van der Waals surface area contributed by atoms with E-state index in [1.165, 1.54) is 0 Å². The van der Waals surface area contributed by atoms with Gasteiger partial charge in [-0.05, 0) is 31.5 Å². The molecule has 0 spiro atoms. The molecule has 6 heteroatoms. The Morgan fingerprint density at radius 3 is 3.05 bits per heavy atom. The van der Waals surface area contributed by atoms with E-state index in [0.29, 0.717) is 24.4 Å². The van der Waals surface area contributed by atoms with Crippen molar-refractivity contribution in [3.8, 4) is 6.07 Å². The lowest BCUT2D eigenvalue weighted by Crippen LogP contribution is -2.53. The van der Waals surface area contributed by atoms with Crippen LogP contribution in [0.1, 0.15) is 18.1 Å². The Bertz CT molecular complexity index is 568. The average Bonchev–Trinajstić information content (AvgIpc) is 2.49. The van der Waals surface area contributed by atoms with Crippen molar-refractivity contribution in [3.63, 3.8) is 0 Å². The average molecular weight is 289 g/mol. The molecule has 1 heterocycles. The van der Waals surface area contributed by atoms with Gasteiger partial charge in [-0.2, -0.15) is 5.26 Å². The molecule has 2 amide bonds. The number of carbonyl (C=O) groups excluding carboxylic acids is 1. The van der Waals surface area contributed by atoms with Crippen molar-refractivity contribution in [3.05, 3.63) is 29.3 Å². The lowest BCUT2D eigenvalue weighted by Gasteiger charge is -2.37. The largest absolute Gasteiger partial charge is 0.394 e. The predicted molar refractivity (Wildman–Crippen MR) is 77.9 cm³/mol. The number of hydrogen-bond donors (Lipinski definition) is 2. The monoisotopic (exact) mass is 289 g/mol. The van der Waals surface area contributed by atoms with Gasteiger partial charge in [-0.25, -0.2) is 4.79 Å². The normalized spacial score (nSPS) is 21.7. The number of rotatable bonds is 2. The van der Waals surface area contributed by atoms with Crippen LogP contribution in [0.25, 0.3) is 0 Å². The van der Waals surface area contributed by atoms with Crippen molar-refractivity contribution >= 4 is 11.7 Å². The second kappa shape index (κ2) is 6.57. The van der Waals surface area contributed by atoms with E-state index in [-0.39, 0.29) is 24.8 Å². The Kier molecular flexibility index (Phi) is 4.78. The molecule has 0 aromatic heterocycles. The summed E-state index contributed by atoms with van der Waals surface area (Å²) in [7, 11) is 0. The lowest BCUT2D eigenvalue weighted by atomic mass is 10.1. The molecule has 6 nitrogen and oxygen atoms in total. The molecule has 2 N–H and O–H groups in total. The summed E-state index contributed by atoms with van der Waals surface area (Å²) in [6, 6.07) is 6.91. The Hall–Kier alpha value is -2.10. The van der Waals surface area contributed by atoms with Crippen LogP contribution >= 0.6 is 0 Å². The molecule has 1 saturated heterocycles. The molecule has 1 aromatic rings. The van der Waals surface area contributed by atoms with E-state index in [2.05, 4.69) is 11.4 Å². The summed E-state index contributed by atoms with van der Waals surface area (Å²) in [5.41, 5.74) is 2.01. The fourth-order valence-electron chi connectivity index (χ4n) is 2.22. The van der Waals surface area contributed by atoms with Crippen molar-refractivity contribution in [1.29, 1.82) is 5.26 Å². The van der Waals surface area contributed by atoms with E-state index >= 15 is 0 Å². The number of aliphatic hydroxyl groups is 1. The second-order valence-corrected chi connectivity index (χ2v) is 5.21. The molecule has 0 aliphatic carbocycles. The Morgan fingerprint density at radius 2 is 2.38 bits per heavy atom. The van der Waals surface area contributed by atoms with Crippen LogP contribution in [0.3, 0.4) is 0 Å². The maximum absolute atomic E-state index is 12.4. The minimum Gasteiger partial charge on any atom is -0.394 e. The standard InChI is InChI=1S/C15H19N3O3/c1-10-3-4-12(6-16)5-14(10)17-15(20)18-7-13(8-19)21-9-11(18)2/h3-5,11,13,19H,7-9H2,1-2H3,(H,17,20). The van der Waals surface area contributed by atoms with Crippen molar-refractivity contribution in [2.45, 2.75) is 26.0 Å². The van der Waals surface area contributed by atoms with Crippen LogP contribution in [0.15, 0.2) is 18.2 Å². The minimum atomic E-state index is -0.349. The number of amides is 2. The number of nitriles is 1. The summed E-state index contributed by atoms with van der Waals surface area (Å²) < 4.78 is 5.42. The summed E-state index contributed by atoms with van der Waals surface area (Å²) in [5, 5.41) is 20.9. The first kappa shape index (κ1) is 15.3. The number of carbonyl (C=O) groups is 1. The van der Waals surface area contributed by atoms with E-state index in [1.807, 2.05) is 13.8 Å². The summed E-state index contributed by atoms with van der Waals surface area (Å²) in [5.74, 6) is 0. The summed E-state index contributed by atoms with van der Waals surface area (Å²) >= 11 is 0. The topological polar surface area (TPSA) is 85.6 Å². The number of aliphatic hydroxyl groups excluding tert-OH is 1. The smallest absolute Gasteiger partial charge is 0.322 e. The zero-order valence-electron chi connectivity index (χ0n) is 12.2. The molecule has 21 heavy (non-hydrogen) atoms. The van der Waals surface area contributed by atoms with Crippen LogP contribution in [0.2, 0.25) is 0 Å². The van der Waals surface area contributed by atoms with E-state index in [0.717, 1.165) is 5.56 Å². The number of morpholine rings is 1. The predicted octanol–water partition coefficient (Wildman–Crippen LogP) is 1.48. The minimum absolute atomic E-state index is 0.0627. The number of anilines is 1. The molecule has 2 rings (SSSR count). The molecule has 112 valence electrons. The van der Waals surface area contributed by atoms with Gasteiger partial charge in [0.1, 0.15) is 0 Å². The van der Waals surface area contributed by atoms with Crippen molar-refractivity contribution in [2.24, 2.45) is 0 Å².